The van der Waals surface area contributed by atoms with Gasteiger partial charge in [-0.15, -0.1) is 11.3 Å². The first-order valence-electron chi connectivity index (χ1n) is 10.6. The number of hydrogen-bond acceptors (Lipinski definition) is 5. The summed E-state index contributed by atoms with van der Waals surface area (Å²) in [6, 6.07) is 22.3. The van der Waals surface area contributed by atoms with Crippen LogP contribution in [0.4, 0.5) is 5.13 Å². The van der Waals surface area contributed by atoms with Crippen molar-refractivity contribution in [3.63, 3.8) is 0 Å². The Balaban J connectivity index is 1.45. The topological polar surface area (TPSA) is 79.4 Å². The molecule has 34 heavy (non-hydrogen) atoms. The number of fused-ring (bicyclic) bond motifs is 1. The maximum atomic E-state index is 13.6. The van der Waals surface area contributed by atoms with Crippen LogP contribution in [0.1, 0.15) is 11.1 Å². The van der Waals surface area contributed by atoms with Gasteiger partial charge in [0, 0.05) is 22.5 Å². The van der Waals surface area contributed by atoms with Crippen molar-refractivity contribution in [2.75, 3.05) is 5.32 Å². The number of amides is 1. The van der Waals surface area contributed by atoms with E-state index in [2.05, 4.69) is 10.3 Å². The molecule has 1 aliphatic heterocycles. The number of rotatable bonds is 5. The van der Waals surface area contributed by atoms with Gasteiger partial charge in [0.05, 0.1) is 10.6 Å². The van der Waals surface area contributed by atoms with Crippen molar-refractivity contribution in [2.24, 2.45) is 0 Å². The first-order valence-corrected chi connectivity index (χ1v) is 13.3. The minimum atomic E-state index is -3.95. The largest absolute Gasteiger partial charge is 0.301 e. The van der Waals surface area contributed by atoms with E-state index in [0.717, 1.165) is 22.4 Å². The average Bonchev–Trinajstić information content (AvgIpc) is 3.32. The molecule has 0 radical (unpaired) electrons. The number of anilines is 1. The van der Waals surface area contributed by atoms with E-state index in [4.69, 9.17) is 11.6 Å². The number of benzene rings is 3. The molecule has 172 valence electrons. The molecular formula is C25H20ClN3O3S2. The lowest BCUT2D eigenvalue weighted by molar-refractivity contribution is -0.120. The first-order chi connectivity index (χ1) is 16.4. The molecular weight excluding hydrogens is 490 g/mol. The second-order valence-corrected chi connectivity index (χ2v) is 11.1. The molecule has 9 heteroatoms. The minimum absolute atomic E-state index is 0.0923. The number of thiazole rings is 1. The molecule has 0 spiro atoms. The highest BCUT2D eigenvalue weighted by Gasteiger charge is 2.39. The summed E-state index contributed by atoms with van der Waals surface area (Å²) in [4.78, 5) is 18.0. The Bertz CT molecular complexity index is 1440. The highest BCUT2D eigenvalue weighted by Crippen LogP contribution is 2.31. The number of nitrogens with zero attached hydrogens (tertiary/aromatic N) is 2. The predicted octanol–water partition coefficient (Wildman–Crippen LogP) is 5.22. The van der Waals surface area contributed by atoms with Crippen LogP contribution in [0.25, 0.3) is 11.3 Å². The maximum absolute atomic E-state index is 13.6. The minimum Gasteiger partial charge on any atom is -0.301 e. The molecule has 2 heterocycles. The van der Waals surface area contributed by atoms with Gasteiger partial charge in [0.25, 0.3) is 0 Å². The zero-order valence-electron chi connectivity index (χ0n) is 17.9. The molecule has 0 aliphatic carbocycles. The fourth-order valence-corrected chi connectivity index (χ4v) is 6.39. The summed E-state index contributed by atoms with van der Waals surface area (Å²) in [5.74, 6) is -0.416. The third-order valence-electron chi connectivity index (χ3n) is 5.73. The Hall–Kier alpha value is -3.04. The third kappa shape index (κ3) is 4.50. The fourth-order valence-electron chi connectivity index (χ4n) is 3.98. The summed E-state index contributed by atoms with van der Waals surface area (Å²) in [5, 5.41) is 5.56. The number of hydrogen-bond donors (Lipinski definition) is 1. The van der Waals surface area contributed by atoms with Crippen molar-refractivity contribution in [1.82, 2.24) is 9.29 Å². The Morgan fingerprint density at radius 2 is 1.65 bits per heavy atom. The molecule has 3 aromatic carbocycles. The van der Waals surface area contributed by atoms with E-state index in [1.165, 1.54) is 39.9 Å². The van der Waals surface area contributed by atoms with E-state index in [1.54, 1.807) is 0 Å². The predicted molar refractivity (Wildman–Crippen MR) is 134 cm³/mol. The van der Waals surface area contributed by atoms with Gasteiger partial charge in [-0.25, -0.2) is 13.4 Å². The van der Waals surface area contributed by atoms with Gasteiger partial charge in [-0.3, -0.25) is 4.79 Å². The van der Waals surface area contributed by atoms with E-state index >= 15 is 0 Å². The molecule has 4 aromatic rings. The quantitative estimate of drug-likeness (QED) is 0.400. The Morgan fingerprint density at radius 1 is 0.971 bits per heavy atom. The van der Waals surface area contributed by atoms with E-state index in [9.17, 15) is 13.2 Å². The molecule has 1 atom stereocenters. The Kier molecular flexibility index (Phi) is 6.22. The standard InChI is InChI=1S/C25H20ClN3O3S2/c26-20-10-12-21(13-11-20)34(31,32)29-15-19-9-5-4-8-18(19)14-23(29)24(30)28-25-27-22(16-33-25)17-6-2-1-3-7-17/h1-13,16,23H,14-15H2,(H,27,28,30). The summed E-state index contributed by atoms with van der Waals surface area (Å²) in [7, 11) is -3.95. The SMILES string of the molecule is O=C(Nc1nc(-c2ccccc2)cs1)C1Cc2ccccc2CN1S(=O)(=O)c1ccc(Cl)cc1. The maximum Gasteiger partial charge on any atom is 0.244 e. The van der Waals surface area contributed by atoms with Gasteiger partial charge in [0.15, 0.2) is 5.13 Å². The lowest BCUT2D eigenvalue weighted by Gasteiger charge is -2.34. The van der Waals surface area contributed by atoms with Crippen LogP contribution in [0.2, 0.25) is 5.02 Å². The summed E-state index contributed by atoms with van der Waals surface area (Å²) in [5.41, 5.74) is 3.53. The smallest absolute Gasteiger partial charge is 0.244 e. The molecule has 0 fully saturated rings. The van der Waals surface area contributed by atoms with Gasteiger partial charge in [-0.2, -0.15) is 4.31 Å². The second-order valence-electron chi connectivity index (χ2n) is 7.89. The van der Waals surface area contributed by atoms with Crippen molar-refractivity contribution >= 4 is 44.0 Å². The molecule has 1 amide bonds. The van der Waals surface area contributed by atoms with Crippen LogP contribution in [0.3, 0.4) is 0 Å². The van der Waals surface area contributed by atoms with Crippen molar-refractivity contribution in [2.45, 2.75) is 23.9 Å². The third-order valence-corrected chi connectivity index (χ3v) is 8.61. The van der Waals surface area contributed by atoms with Crippen molar-refractivity contribution in [1.29, 1.82) is 0 Å². The Morgan fingerprint density at radius 3 is 2.38 bits per heavy atom. The van der Waals surface area contributed by atoms with Crippen LogP contribution >= 0.6 is 22.9 Å². The highest BCUT2D eigenvalue weighted by molar-refractivity contribution is 7.89. The van der Waals surface area contributed by atoms with Crippen LogP contribution in [0.5, 0.6) is 0 Å². The summed E-state index contributed by atoms with van der Waals surface area (Å²) < 4.78 is 28.4. The molecule has 1 N–H and O–H groups in total. The van der Waals surface area contributed by atoms with E-state index in [1.807, 2.05) is 60.0 Å². The second kappa shape index (κ2) is 9.31. The van der Waals surface area contributed by atoms with Crippen molar-refractivity contribution in [3.8, 4) is 11.3 Å². The van der Waals surface area contributed by atoms with Crippen LogP contribution in [0, 0.1) is 0 Å². The molecule has 0 saturated carbocycles. The fraction of sp³-hybridized carbons (Fsp3) is 0.120. The lowest BCUT2D eigenvalue weighted by atomic mass is 9.95. The molecule has 0 saturated heterocycles. The number of aromatic nitrogens is 1. The number of carbonyl (C=O) groups excluding carboxylic acids is 1. The molecule has 0 bridgehead atoms. The number of halogens is 1. The van der Waals surface area contributed by atoms with Crippen LogP contribution in [0.15, 0.2) is 89.1 Å². The summed E-state index contributed by atoms with van der Waals surface area (Å²) in [6.07, 6.45) is 0.270. The van der Waals surface area contributed by atoms with Gasteiger partial charge in [0.2, 0.25) is 15.9 Å². The van der Waals surface area contributed by atoms with E-state index < -0.39 is 22.0 Å². The van der Waals surface area contributed by atoms with Gasteiger partial charge in [-0.1, -0.05) is 66.2 Å². The average molecular weight is 510 g/mol. The lowest BCUT2D eigenvalue weighted by Crippen LogP contribution is -2.50. The van der Waals surface area contributed by atoms with Crippen LogP contribution in [-0.4, -0.2) is 29.7 Å². The van der Waals surface area contributed by atoms with Crippen LogP contribution in [-0.2, 0) is 27.8 Å². The normalized spacial score (nSPS) is 16.1. The summed E-state index contributed by atoms with van der Waals surface area (Å²) >= 11 is 7.26. The number of nitrogens with one attached hydrogen (secondary N) is 1. The number of sulfonamides is 1. The molecule has 1 unspecified atom stereocenters. The Labute approximate surface area is 206 Å². The molecule has 6 nitrogen and oxygen atoms in total. The highest BCUT2D eigenvalue weighted by atomic mass is 35.5. The first kappa shape index (κ1) is 22.7. The van der Waals surface area contributed by atoms with Gasteiger partial charge < -0.3 is 5.32 Å². The zero-order valence-corrected chi connectivity index (χ0v) is 20.3. The molecule has 5 rings (SSSR count). The van der Waals surface area contributed by atoms with E-state index in [0.29, 0.717) is 10.2 Å². The molecule has 1 aliphatic rings. The van der Waals surface area contributed by atoms with Gasteiger partial charge in [-0.05, 0) is 41.8 Å². The van der Waals surface area contributed by atoms with E-state index in [-0.39, 0.29) is 17.9 Å². The van der Waals surface area contributed by atoms with Crippen LogP contribution < -0.4 is 5.32 Å². The van der Waals surface area contributed by atoms with Crippen molar-refractivity contribution in [3.05, 3.63) is 100 Å². The zero-order chi connectivity index (χ0) is 23.7. The van der Waals surface area contributed by atoms with Gasteiger partial charge >= 0.3 is 0 Å². The summed E-state index contributed by atoms with van der Waals surface area (Å²) in [6.45, 7) is 0.104. The van der Waals surface area contributed by atoms with Crippen molar-refractivity contribution < 1.29 is 13.2 Å². The number of carbonyl (C=O) groups is 1. The van der Waals surface area contributed by atoms with Gasteiger partial charge in [0.1, 0.15) is 6.04 Å². The monoisotopic (exact) mass is 509 g/mol. The molecule has 1 aromatic heterocycles.